The van der Waals surface area contributed by atoms with E-state index >= 15 is 0 Å². The monoisotopic (exact) mass is 283 g/mol. The molecule has 1 aromatic rings. The van der Waals surface area contributed by atoms with Crippen LogP contribution in [0.4, 0.5) is 0 Å². The molecule has 1 unspecified atom stereocenters. The molecule has 1 nitrogen and oxygen atoms in total. The van der Waals surface area contributed by atoms with Crippen LogP contribution in [0.2, 0.25) is 5.02 Å². The number of hydrogen-bond donors (Lipinski definition) is 1. The third-order valence-corrected chi connectivity index (χ3v) is 5.19. The van der Waals surface area contributed by atoms with Crippen LogP contribution >= 0.6 is 23.4 Å². The molecule has 1 atom stereocenters. The molecule has 1 aromatic carbocycles. The van der Waals surface area contributed by atoms with E-state index < -0.39 is 0 Å². The SMILES string of the molecule is CNC(CSc1ccc(Cl)cc1)CC1CCCC1. The lowest BCUT2D eigenvalue weighted by atomic mass is 9.99. The van der Waals surface area contributed by atoms with E-state index in [0.717, 1.165) is 16.7 Å². The van der Waals surface area contributed by atoms with E-state index in [-0.39, 0.29) is 0 Å². The Kier molecular flexibility index (Phi) is 5.87. The van der Waals surface area contributed by atoms with Crippen LogP contribution in [0.1, 0.15) is 32.1 Å². The quantitative estimate of drug-likeness (QED) is 0.766. The molecule has 0 spiro atoms. The van der Waals surface area contributed by atoms with Crippen LogP contribution in [-0.4, -0.2) is 18.8 Å². The zero-order chi connectivity index (χ0) is 12.8. The van der Waals surface area contributed by atoms with Crippen molar-refractivity contribution in [3.05, 3.63) is 29.3 Å². The van der Waals surface area contributed by atoms with Crippen LogP contribution in [0.25, 0.3) is 0 Å². The van der Waals surface area contributed by atoms with E-state index in [9.17, 15) is 0 Å². The number of nitrogens with one attached hydrogen (secondary N) is 1. The minimum absolute atomic E-state index is 0.633. The van der Waals surface area contributed by atoms with Crippen molar-refractivity contribution in [2.24, 2.45) is 5.92 Å². The standard InChI is InChI=1S/C15H22ClNS/c1-17-14(10-12-4-2-3-5-12)11-18-15-8-6-13(16)7-9-15/h6-9,12,14,17H,2-5,10-11H2,1H3. The Bertz CT molecular complexity index is 346. The molecule has 1 aliphatic rings. The lowest BCUT2D eigenvalue weighted by molar-refractivity contribution is 0.427. The minimum atomic E-state index is 0.633. The van der Waals surface area contributed by atoms with Crippen LogP contribution in [0, 0.1) is 5.92 Å². The van der Waals surface area contributed by atoms with Crippen molar-refractivity contribution in [2.45, 2.75) is 43.0 Å². The van der Waals surface area contributed by atoms with Crippen molar-refractivity contribution in [1.82, 2.24) is 5.32 Å². The fourth-order valence-electron chi connectivity index (χ4n) is 2.65. The smallest absolute Gasteiger partial charge is 0.0406 e. The van der Waals surface area contributed by atoms with Crippen LogP contribution in [0.15, 0.2) is 29.2 Å². The van der Waals surface area contributed by atoms with E-state index in [1.807, 2.05) is 23.9 Å². The van der Waals surface area contributed by atoms with E-state index in [1.165, 1.54) is 37.0 Å². The summed E-state index contributed by atoms with van der Waals surface area (Å²) >= 11 is 7.82. The maximum Gasteiger partial charge on any atom is 0.0406 e. The third-order valence-electron chi connectivity index (χ3n) is 3.77. The van der Waals surface area contributed by atoms with Gasteiger partial charge in [0.05, 0.1) is 0 Å². The Labute approximate surface area is 120 Å². The second-order valence-corrected chi connectivity index (χ2v) is 6.67. The van der Waals surface area contributed by atoms with Crippen LogP contribution in [-0.2, 0) is 0 Å². The van der Waals surface area contributed by atoms with Crippen molar-refractivity contribution in [3.63, 3.8) is 0 Å². The molecule has 3 heteroatoms. The summed E-state index contributed by atoms with van der Waals surface area (Å²) in [6.45, 7) is 0. The summed E-state index contributed by atoms with van der Waals surface area (Å²) in [7, 11) is 2.09. The zero-order valence-electron chi connectivity index (χ0n) is 11.0. The molecule has 0 amide bonds. The maximum absolute atomic E-state index is 5.89. The Morgan fingerprint density at radius 3 is 2.56 bits per heavy atom. The van der Waals surface area contributed by atoms with Gasteiger partial charge in [-0.05, 0) is 43.7 Å². The molecular weight excluding hydrogens is 262 g/mol. The molecule has 1 N–H and O–H groups in total. The second-order valence-electron chi connectivity index (χ2n) is 5.14. The Morgan fingerprint density at radius 2 is 1.94 bits per heavy atom. The fourth-order valence-corrected chi connectivity index (χ4v) is 3.80. The minimum Gasteiger partial charge on any atom is -0.316 e. The van der Waals surface area contributed by atoms with Gasteiger partial charge in [-0.25, -0.2) is 0 Å². The number of halogens is 1. The largest absolute Gasteiger partial charge is 0.316 e. The summed E-state index contributed by atoms with van der Waals surface area (Å²) in [5, 5.41) is 4.28. The van der Waals surface area contributed by atoms with Crippen molar-refractivity contribution < 1.29 is 0 Å². The average molecular weight is 284 g/mol. The summed E-state index contributed by atoms with van der Waals surface area (Å²) in [4.78, 5) is 1.31. The van der Waals surface area contributed by atoms with Gasteiger partial charge in [-0.3, -0.25) is 0 Å². The molecule has 0 aliphatic heterocycles. The molecule has 0 bridgehead atoms. The Balaban J connectivity index is 1.77. The van der Waals surface area contributed by atoms with E-state index in [1.54, 1.807) is 0 Å². The zero-order valence-corrected chi connectivity index (χ0v) is 12.6. The average Bonchev–Trinajstić information content (AvgIpc) is 2.89. The van der Waals surface area contributed by atoms with Gasteiger partial charge in [0.2, 0.25) is 0 Å². The summed E-state index contributed by atoms with van der Waals surface area (Å²) in [5.41, 5.74) is 0. The van der Waals surface area contributed by atoms with Gasteiger partial charge in [-0.1, -0.05) is 37.3 Å². The fraction of sp³-hybridized carbons (Fsp3) is 0.600. The number of benzene rings is 1. The first kappa shape index (κ1) is 14.2. The normalized spacial score (nSPS) is 18.1. The molecule has 1 saturated carbocycles. The van der Waals surface area contributed by atoms with Gasteiger partial charge in [0.25, 0.3) is 0 Å². The molecule has 0 aromatic heterocycles. The Hall–Kier alpha value is -0.180. The molecular formula is C15H22ClNS. The number of thioether (sulfide) groups is 1. The predicted octanol–water partition coefficient (Wildman–Crippen LogP) is 4.60. The first-order chi connectivity index (χ1) is 8.78. The van der Waals surface area contributed by atoms with Gasteiger partial charge >= 0.3 is 0 Å². The third kappa shape index (κ3) is 4.49. The first-order valence-electron chi connectivity index (χ1n) is 6.83. The molecule has 18 heavy (non-hydrogen) atoms. The molecule has 0 heterocycles. The number of rotatable bonds is 6. The van der Waals surface area contributed by atoms with Gasteiger partial charge in [0.15, 0.2) is 0 Å². The van der Waals surface area contributed by atoms with Gasteiger partial charge in [0, 0.05) is 21.7 Å². The highest BCUT2D eigenvalue weighted by atomic mass is 35.5. The molecule has 0 saturated heterocycles. The van der Waals surface area contributed by atoms with E-state index in [0.29, 0.717) is 6.04 Å². The van der Waals surface area contributed by atoms with Crippen molar-refractivity contribution in [2.75, 3.05) is 12.8 Å². The van der Waals surface area contributed by atoms with Gasteiger partial charge in [-0.15, -0.1) is 11.8 Å². The molecule has 2 rings (SSSR count). The lowest BCUT2D eigenvalue weighted by Crippen LogP contribution is -2.29. The lowest BCUT2D eigenvalue weighted by Gasteiger charge is -2.19. The van der Waals surface area contributed by atoms with Crippen LogP contribution in [0.3, 0.4) is 0 Å². The van der Waals surface area contributed by atoms with Crippen molar-refractivity contribution >= 4 is 23.4 Å². The van der Waals surface area contributed by atoms with Crippen LogP contribution < -0.4 is 5.32 Å². The van der Waals surface area contributed by atoms with Gasteiger partial charge in [-0.2, -0.15) is 0 Å². The van der Waals surface area contributed by atoms with Crippen molar-refractivity contribution in [1.29, 1.82) is 0 Å². The Morgan fingerprint density at radius 1 is 1.28 bits per heavy atom. The second kappa shape index (κ2) is 7.42. The van der Waals surface area contributed by atoms with E-state index in [2.05, 4.69) is 24.5 Å². The summed E-state index contributed by atoms with van der Waals surface area (Å²) in [6, 6.07) is 8.78. The van der Waals surface area contributed by atoms with Crippen LogP contribution in [0.5, 0.6) is 0 Å². The predicted molar refractivity (Wildman–Crippen MR) is 81.6 cm³/mol. The van der Waals surface area contributed by atoms with E-state index in [4.69, 9.17) is 11.6 Å². The molecule has 1 fully saturated rings. The van der Waals surface area contributed by atoms with Gasteiger partial charge in [0.1, 0.15) is 0 Å². The number of hydrogen-bond acceptors (Lipinski definition) is 2. The first-order valence-corrected chi connectivity index (χ1v) is 8.20. The molecule has 100 valence electrons. The summed E-state index contributed by atoms with van der Waals surface area (Å²) in [5.74, 6) is 2.10. The maximum atomic E-state index is 5.89. The van der Waals surface area contributed by atoms with Crippen molar-refractivity contribution in [3.8, 4) is 0 Å². The molecule has 1 aliphatic carbocycles. The summed E-state index contributed by atoms with van der Waals surface area (Å²) in [6.07, 6.45) is 7.07. The van der Waals surface area contributed by atoms with Gasteiger partial charge < -0.3 is 5.32 Å². The topological polar surface area (TPSA) is 12.0 Å². The molecule has 0 radical (unpaired) electrons. The highest BCUT2D eigenvalue weighted by Gasteiger charge is 2.19. The highest BCUT2D eigenvalue weighted by Crippen LogP contribution is 2.30. The summed E-state index contributed by atoms with van der Waals surface area (Å²) < 4.78 is 0. The highest BCUT2D eigenvalue weighted by molar-refractivity contribution is 7.99.